The largest absolute Gasteiger partial charge is 0.468 e. The van der Waals surface area contributed by atoms with Crippen LogP contribution in [0.3, 0.4) is 0 Å². The third-order valence-corrected chi connectivity index (χ3v) is 4.98. The van der Waals surface area contributed by atoms with Crippen LogP contribution in [0.15, 0.2) is 28.1 Å². The molecule has 0 amide bonds. The van der Waals surface area contributed by atoms with Crippen LogP contribution in [0.2, 0.25) is 0 Å². The highest BCUT2D eigenvalue weighted by atomic mass is 16.3. The zero-order chi connectivity index (χ0) is 18.2. The Labute approximate surface area is 154 Å². The molecule has 3 heterocycles. The van der Waals surface area contributed by atoms with Crippen LogP contribution < -0.4 is 10.6 Å². The highest BCUT2D eigenvalue weighted by Gasteiger charge is 2.20. The van der Waals surface area contributed by atoms with Crippen molar-refractivity contribution in [3.63, 3.8) is 0 Å². The van der Waals surface area contributed by atoms with Crippen molar-refractivity contribution < 1.29 is 4.42 Å². The Bertz CT molecular complexity index is 688. The van der Waals surface area contributed by atoms with Crippen LogP contribution in [-0.4, -0.2) is 49.1 Å². The molecule has 0 atom stereocenters. The highest BCUT2D eigenvalue weighted by molar-refractivity contribution is 5.39. The summed E-state index contributed by atoms with van der Waals surface area (Å²) in [6, 6.07) is 5.96. The molecule has 0 aliphatic carbocycles. The van der Waals surface area contributed by atoms with E-state index < -0.39 is 0 Å². The van der Waals surface area contributed by atoms with Crippen LogP contribution in [0, 0.1) is 22.7 Å². The lowest BCUT2D eigenvalue weighted by atomic mass is 10.1. The predicted octanol–water partition coefficient (Wildman–Crippen LogP) is 1.52. The number of hydrogen-bond donors (Lipinski definition) is 2. The Morgan fingerprint density at radius 1 is 1.19 bits per heavy atom. The second kappa shape index (κ2) is 9.28. The minimum Gasteiger partial charge on any atom is -0.468 e. The van der Waals surface area contributed by atoms with Crippen molar-refractivity contribution in [2.24, 2.45) is 0 Å². The van der Waals surface area contributed by atoms with Gasteiger partial charge < -0.3 is 20.0 Å². The predicted molar refractivity (Wildman–Crippen MR) is 97.4 cm³/mol. The molecule has 0 bridgehead atoms. The van der Waals surface area contributed by atoms with Gasteiger partial charge >= 0.3 is 0 Å². The van der Waals surface area contributed by atoms with Gasteiger partial charge in [0, 0.05) is 38.3 Å². The molecule has 2 fully saturated rings. The molecule has 7 heteroatoms. The van der Waals surface area contributed by atoms with Crippen molar-refractivity contribution in [1.29, 1.82) is 10.5 Å². The first-order valence-corrected chi connectivity index (χ1v) is 9.33. The fourth-order valence-corrected chi connectivity index (χ4v) is 3.55. The third kappa shape index (κ3) is 4.57. The van der Waals surface area contributed by atoms with Gasteiger partial charge in [0.1, 0.15) is 23.7 Å². The van der Waals surface area contributed by atoms with E-state index in [4.69, 9.17) is 14.9 Å². The van der Waals surface area contributed by atoms with Gasteiger partial charge in [-0.25, -0.2) is 0 Å². The van der Waals surface area contributed by atoms with E-state index in [1.807, 2.05) is 18.2 Å². The van der Waals surface area contributed by atoms with Gasteiger partial charge in [-0.2, -0.15) is 10.5 Å². The molecule has 0 unspecified atom stereocenters. The standard InChI is InChI=1S/C19H26N6O/c20-12-17(13-21)19-23-6-10-25(19)9-5-22-14-16-4-11-26-18(16)15-24-7-2-1-3-8-24/h4,11,22-23H,1-3,5-10,14-15H2. The summed E-state index contributed by atoms with van der Waals surface area (Å²) in [5.74, 6) is 1.71. The average molecular weight is 354 g/mol. The third-order valence-electron chi connectivity index (χ3n) is 4.98. The van der Waals surface area contributed by atoms with E-state index in [0.717, 1.165) is 58.1 Å². The van der Waals surface area contributed by atoms with Gasteiger partial charge in [0.05, 0.1) is 12.8 Å². The molecule has 3 rings (SSSR count). The smallest absolute Gasteiger partial charge is 0.169 e. The lowest BCUT2D eigenvalue weighted by molar-refractivity contribution is 0.204. The number of hydrogen-bond acceptors (Lipinski definition) is 7. The van der Waals surface area contributed by atoms with Crippen LogP contribution in [0.25, 0.3) is 0 Å². The number of nitriles is 2. The molecule has 2 N–H and O–H groups in total. The van der Waals surface area contributed by atoms with Gasteiger partial charge in [0.2, 0.25) is 0 Å². The van der Waals surface area contributed by atoms with Crippen molar-refractivity contribution in [3.05, 3.63) is 35.0 Å². The van der Waals surface area contributed by atoms with Crippen molar-refractivity contribution in [1.82, 2.24) is 20.4 Å². The molecule has 1 aromatic heterocycles. The van der Waals surface area contributed by atoms with Crippen molar-refractivity contribution in [2.75, 3.05) is 39.3 Å². The first-order chi connectivity index (χ1) is 12.8. The number of piperidine rings is 1. The fraction of sp³-hybridized carbons (Fsp3) is 0.579. The second-order valence-electron chi connectivity index (χ2n) is 6.74. The monoisotopic (exact) mass is 354 g/mol. The number of rotatable bonds is 7. The summed E-state index contributed by atoms with van der Waals surface area (Å²) >= 11 is 0. The van der Waals surface area contributed by atoms with E-state index in [1.165, 1.54) is 24.8 Å². The molecule has 0 aromatic carbocycles. The van der Waals surface area contributed by atoms with Crippen molar-refractivity contribution in [3.8, 4) is 12.1 Å². The maximum Gasteiger partial charge on any atom is 0.169 e. The minimum absolute atomic E-state index is 0.154. The zero-order valence-electron chi connectivity index (χ0n) is 15.1. The lowest BCUT2D eigenvalue weighted by Crippen LogP contribution is -2.31. The molecule has 0 spiro atoms. The van der Waals surface area contributed by atoms with Gasteiger partial charge in [0.25, 0.3) is 0 Å². The van der Waals surface area contributed by atoms with Crippen LogP contribution in [0.4, 0.5) is 0 Å². The second-order valence-corrected chi connectivity index (χ2v) is 6.74. The van der Waals surface area contributed by atoms with Gasteiger partial charge in [0.15, 0.2) is 5.57 Å². The van der Waals surface area contributed by atoms with Crippen LogP contribution in [0.1, 0.15) is 30.6 Å². The van der Waals surface area contributed by atoms with Crippen LogP contribution in [-0.2, 0) is 13.1 Å². The highest BCUT2D eigenvalue weighted by Crippen LogP contribution is 2.17. The molecule has 2 saturated heterocycles. The van der Waals surface area contributed by atoms with E-state index in [-0.39, 0.29) is 5.57 Å². The number of nitrogens with zero attached hydrogens (tertiary/aromatic N) is 4. The Morgan fingerprint density at radius 3 is 2.77 bits per heavy atom. The molecule has 2 aliphatic heterocycles. The first-order valence-electron chi connectivity index (χ1n) is 9.33. The van der Waals surface area contributed by atoms with Gasteiger partial charge in [-0.1, -0.05) is 6.42 Å². The van der Waals surface area contributed by atoms with Gasteiger partial charge in [-0.05, 0) is 32.0 Å². The fourth-order valence-electron chi connectivity index (χ4n) is 3.55. The molecule has 0 saturated carbocycles. The van der Waals surface area contributed by atoms with Crippen molar-refractivity contribution in [2.45, 2.75) is 32.4 Å². The van der Waals surface area contributed by atoms with Crippen molar-refractivity contribution >= 4 is 0 Å². The summed E-state index contributed by atoms with van der Waals surface area (Å²) in [4.78, 5) is 4.52. The Morgan fingerprint density at radius 2 is 2.00 bits per heavy atom. The van der Waals surface area contributed by atoms with Crippen LogP contribution in [0.5, 0.6) is 0 Å². The first kappa shape index (κ1) is 18.3. The van der Waals surface area contributed by atoms with Gasteiger partial charge in [-0.15, -0.1) is 0 Å². The summed E-state index contributed by atoms with van der Waals surface area (Å²) in [6.45, 7) is 7.09. The minimum atomic E-state index is 0.154. The Kier molecular flexibility index (Phi) is 6.54. The van der Waals surface area contributed by atoms with E-state index in [1.54, 1.807) is 6.26 Å². The zero-order valence-corrected chi connectivity index (χ0v) is 15.1. The molecule has 26 heavy (non-hydrogen) atoms. The van der Waals surface area contributed by atoms with Crippen LogP contribution >= 0.6 is 0 Å². The molecule has 1 aromatic rings. The van der Waals surface area contributed by atoms with E-state index in [0.29, 0.717) is 5.82 Å². The molecule has 2 aliphatic rings. The number of allylic oxidation sites excluding steroid dienone is 1. The quantitative estimate of drug-likeness (QED) is 0.566. The van der Waals surface area contributed by atoms with E-state index in [9.17, 15) is 0 Å². The summed E-state index contributed by atoms with van der Waals surface area (Å²) in [5, 5.41) is 24.7. The molecular weight excluding hydrogens is 328 g/mol. The van der Waals surface area contributed by atoms with Gasteiger partial charge in [-0.3, -0.25) is 4.90 Å². The van der Waals surface area contributed by atoms with E-state index >= 15 is 0 Å². The lowest BCUT2D eigenvalue weighted by Gasteiger charge is -2.25. The maximum absolute atomic E-state index is 9.04. The number of likely N-dealkylation sites (tertiary alicyclic amines) is 1. The summed E-state index contributed by atoms with van der Waals surface area (Å²) in [6.07, 6.45) is 5.67. The molecular formula is C19H26N6O. The number of nitrogens with one attached hydrogen (secondary N) is 2. The summed E-state index contributed by atoms with van der Waals surface area (Å²) < 4.78 is 5.69. The van der Waals surface area contributed by atoms with E-state index in [2.05, 4.69) is 20.4 Å². The molecule has 7 nitrogen and oxygen atoms in total. The summed E-state index contributed by atoms with van der Waals surface area (Å²) in [5.41, 5.74) is 1.36. The maximum atomic E-state index is 9.04. The topological polar surface area (TPSA) is 91.3 Å². The average Bonchev–Trinajstić information content (AvgIpc) is 3.31. The normalized spacial score (nSPS) is 17.6. The molecule has 0 radical (unpaired) electrons. The number of furan rings is 1. The molecule has 138 valence electrons. The Balaban J connectivity index is 1.46. The SMILES string of the molecule is N#CC(C#N)=C1NCCN1CCNCc1ccoc1CN1CCCCC1. The Hall–Kier alpha value is -2.48. The summed E-state index contributed by atoms with van der Waals surface area (Å²) in [7, 11) is 0.